The molecule has 1 aliphatic rings. The van der Waals surface area contributed by atoms with E-state index in [0.717, 1.165) is 18.5 Å². The van der Waals surface area contributed by atoms with E-state index in [1.807, 2.05) is 32.9 Å². The van der Waals surface area contributed by atoms with E-state index in [0.29, 0.717) is 31.3 Å². The van der Waals surface area contributed by atoms with E-state index >= 15 is 0 Å². The number of benzene rings is 1. The van der Waals surface area contributed by atoms with Crippen molar-refractivity contribution in [3.8, 4) is 0 Å². The van der Waals surface area contributed by atoms with Crippen molar-refractivity contribution >= 4 is 17.7 Å². The summed E-state index contributed by atoms with van der Waals surface area (Å²) < 4.78 is 5.41. The molecule has 1 aliphatic heterocycles. The lowest BCUT2D eigenvalue weighted by Gasteiger charge is -2.33. The van der Waals surface area contributed by atoms with E-state index in [9.17, 15) is 9.59 Å². The molecule has 26 heavy (non-hydrogen) atoms. The number of ether oxygens (including phenoxy) is 1. The normalized spacial score (nSPS) is 15.8. The molecule has 0 saturated carbocycles. The van der Waals surface area contributed by atoms with E-state index in [4.69, 9.17) is 4.74 Å². The number of carbonyl (C=O) groups is 2. The second-order valence-electron chi connectivity index (χ2n) is 8.44. The molecule has 1 aromatic carbocycles. The van der Waals surface area contributed by atoms with Gasteiger partial charge in [0, 0.05) is 25.2 Å². The van der Waals surface area contributed by atoms with Crippen LogP contribution in [0.25, 0.3) is 0 Å². The van der Waals surface area contributed by atoms with Crippen LogP contribution in [0.1, 0.15) is 65.4 Å². The fourth-order valence-corrected chi connectivity index (χ4v) is 3.07. The molecule has 1 heterocycles. The van der Waals surface area contributed by atoms with Gasteiger partial charge in [-0.2, -0.15) is 0 Å². The molecule has 5 heteroatoms. The van der Waals surface area contributed by atoms with Gasteiger partial charge in [0.25, 0.3) is 0 Å². The SMILES string of the molecule is CC(C)c1ccc(NC(=O)CC2CCN(C(=O)OC(C)(C)C)CC2)cc1. The summed E-state index contributed by atoms with van der Waals surface area (Å²) >= 11 is 0. The van der Waals surface area contributed by atoms with Crippen molar-refractivity contribution in [1.29, 1.82) is 0 Å². The lowest BCUT2D eigenvalue weighted by Crippen LogP contribution is -2.42. The van der Waals surface area contributed by atoms with Crippen LogP contribution in [0.2, 0.25) is 0 Å². The quantitative estimate of drug-likeness (QED) is 0.840. The highest BCUT2D eigenvalue weighted by atomic mass is 16.6. The highest BCUT2D eigenvalue weighted by molar-refractivity contribution is 5.90. The highest BCUT2D eigenvalue weighted by Crippen LogP contribution is 2.23. The third-order valence-corrected chi connectivity index (χ3v) is 4.60. The third kappa shape index (κ3) is 6.36. The fraction of sp³-hybridized carbons (Fsp3) is 0.619. The minimum atomic E-state index is -0.473. The molecule has 5 nitrogen and oxygen atoms in total. The van der Waals surface area contributed by atoms with Crippen molar-refractivity contribution in [2.24, 2.45) is 5.92 Å². The predicted octanol–water partition coefficient (Wildman–Crippen LogP) is 4.79. The van der Waals surface area contributed by atoms with Crippen LogP contribution in [0.15, 0.2) is 24.3 Å². The number of nitrogens with one attached hydrogen (secondary N) is 1. The molecule has 1 N–H and O–H groups in total. The van der Waals surface area contributed by atoms with Crippen molar-refractivity contribution in [2.75, 3.05) is 18.4 Å². The predicted molar refractivity (Wildman–Crippen MR) is 104 cm³/mol. The Bertz CT molecular complexity index is 609. The number of likely N-dealkylation sites (tertiary alicyclic amines) is 1. The first kappa shape index (κ1) is 20.3. The molecular formula is C21H32N2O3. The van der Waals surface area contributed by atoms with Crippen LogP contribution in [0.3, 0.4) is 0 Å². The molecule has 2 amide bonds. The molecule has 0 atom stereocenters. The minimum absolute atomic E-state index is 0.0398. The Morgan fingerprint density at radius 2 is 1.73 bits per heavy atom. The fourth-order valence-electron chi connectivity index (χ4n) is 3.07. The van der Waals surface area contributed by atoms with Gasteiger partial charge in [-0.05, 0) is 63.1 Å². The number of hydrogen-bond donors (Lipinski definition) is 1. The van der Waals surface area contributed by atoms with Crippen LogP contribution in [0, 0.1) is 5.92 Å². The van der Waals surface area contributed by atoms with Crippen molar-refractivity contribution < 1.29 is 14.3 Å². The molecule has 144 valence electrons. The number of nitrogens with zero attached hydrogens (tertiary/aromatic N) is 1. The van der Waals surface area contributed by atoms with Gasteiger partial charge in [-0.1, -0.05) is 26.0 Å². The summed E-state index contributed by atoms with van der Waals surface area (Å²) in [6.45, 7) is 11.2. The summed E-state index contributed by atoms with van der Waals surface area (Å²) in [6.07, 6.45) is 1.90. The maximum Gasteiger partial charge on any atom is 0.410 e. The number of piperidine rings is 1. The van der Waals surface area contributed by atoms with E-state index < -0.39 is 5.60 Å². The van der Waals surface area contributed by atoms with E-state index in [1.165, 1.54) is 5.56 Å². The molecule has 0 aliphatic carbocycles. The Hall–Kier alpha value is -2.04. The second kappa shape index (κ2) is 8.56. The molecule has 0 bridgehead atoms. The molecule has 0 aromatic heterocycles. The van der Waals surface area contributed by atoms with E-state index in [2.05, 4.69) is 31.3 Å². The van der Waals surface area contributed by atoms with Gasteiger partial charge >= 0.3 is 6.09 Å². The topological polar surface area (TPSA) is 58.6 Å². The van der Waals surface area contributed by atoms with Gasteiger partial charge in [0.2, 0.25) is 5.91 Å². The smallest absolute Gasteiger partial charge is 0.410 e. The molecule has 1 fully saturated rings. The maximum absolute atomic E-state index is 12.3. The van der Waals surface area contributed by atoms with Gasteiger partial charge in [0.1, 0.15) is 5.60 Å². The number of amides is 2. The Kier molecular flexibility index (Phi) is 6.68. The summed E-state index contributed by atoms with van der Waals surface area (Å²) in [5, 5.41) is 2.98. The van der Waals surface area contributed by atoms with Gasteiger partial charge in [-0.25, -0.2) is 4.79 Å². The van der Waals surface area contributed by atoms with Crippen LogP contribution in [0.4, 0.5) is 10.5 Å². The van der Waals surface area contributed by atoms with Gasteiger partial charge in [-0.15, -0.1) is 0 Å². The van der Waals surface area contributed by atoms with Crippen molar-refractivity contribution in [3.05, 3.63) is 29.8 Å². The number of anilines is 1. The zero-order valence-corrected chi connectivity index (χ0v) is 16.7. The van der Waals surface area contributed by atoms with Crippen LogP contribution < -0.4 is 5.32 Å². The summed E-state index contributed by atoms with van der Waals surface area (Å²) in [4.78, 5) is 26.1. The number of carbonyl (C=O) groups excluding carboxylic acids is 2. The van der Waals surface area contributed by atoms with E-state index in [1.54, 1.807) is 4.90 Å². The Morgan fingerprint density at radius 3 is 2.23 bits per heavy atom. The Labute approximate surface area is 157 Å². The molecule has 0 spiro atoms. The molecule has 0 radical (unpaired) electrons. The summed E-state index contributed by atoms with van der Waals surface area (Å²) in [6, 6.07) is 8.02. The van der Waals surface area contributed by atoms with Crippen LogP contribution in [0.5, 0.6) is 0 Å². The lowest BCUT2D eigenvalue weighted by atomic mass is 9.93. The minimum Gasteiger partial charge on any atom is -0.444 e. The van der Waals surface area contributed by atoms with E-state index in [-0.39, 0.29) is 12.0 Å². The standard InChI is InChI=1S/C21H32N2O3/c1-15(2)17-6-8-18(9-7-17)22-19(24)14-16-10-12-23(13-11-16)20(25)26-21(3,4)5/h6-9,15-16H,10-14H2,1-5H3,(H,22,24). The van der Waals surface area contributed by atoms with Crippen LogP contribution in [-0.4, -0.2) is 35.6 Å². The van der Waals surface area contributed by atoms with Crippen molar-refractivity contribution in [1.82, 2.24) is 4.90 Å². The highest BCUT2D eigenvalue weighted by Gasteiger charge is 2.27. The largest absolute Gasteiger partial charge is 0.444 e. The van der Waals surface area contributed by atoms with Crippen LogP contribution in [-0.2, 0) is 9.53 Å². The number of hydrogen-bond acceptors (Lipinski definition) is 3. The molecular weight excluding hydrogens is 328 g/mol. The first-order valence-electron chi connectivity index (χ1n) is 9.52. The number of rotatable bonds is 4. The first-order valence-corrected chi connectivity index (χ1v) is 9.52. The zero-order valence-electron chi connectivity index (χ0n) is 16.7. The zero-order chi connectivity index (χ0) is 19.3. The average Bonchev–Trinajstić information content (AvgIpc) is 2.54. The Balaban J connectivity index is 1.76. The lowest BCUT2D eigenvalue weighted by molar-refractivity contribution is -0.117. The van der Waals surface area contributed by atoms with Crippen molar-refractivity contribution in [2.45, 2.75) is 65.4 Å². The van der Waals surface area contributed by atoms with Gasteiger partial charge < -0.3 is 15.0 Å². The summed E-state index contributed by atoms with van der Waals surface area (Å²) in [5.74, 6) is 0.830. The van der Waals surface area contributed by atoms with Gasteiger partial charge in [0.05, 0.1) is 0 Å². The summed E-state index contributed by atoms with van der Waals surface area (Å²) in [5.41, 5.74) is 1.63. The second-order valence-corrected chi connectivity index (χ2v) is 8.44. The third-order valence-electron chi connectivity index (χ3n) is 4.60. The Morgan fingerprint density at radius 1 is 1.15 bits per heavy atom. The van der Waals surface area contributed by atoms with Crippen molar-refractivity contribution in [3.63, 3.8) is 0 Å². The molecule has 0 unspecified atom stereocenters. The molecule has 1 saturated heterocycles. The van der Waals surface area contributed by atoms with Crippen LogP contribution >= 0.6 is 0 Å². The summed E-state index contributed by atoms with van der Waals surface area (Å²) in [7, 11) is 0. The maximum atomic E-state index is 12.3. The first-order chi connectivity index (χ1) is 12.1. The molecule has 2 rings (SSSR count). The van der Waals surface area contributed by atoms with Gasteiger partial charge in [0.15, 0.2) is 0 Å². The monoisotopic (exact) mass is 360 g/mol. The molecule has 1 aromatic rings. The average molecular weight is 360 g/mol. The van der Waals surface area contributed by atoms with Gasteiger partial charge in [-0.3, -0.25) is 4.79 Å².